The summed E-state index contributed by atoms with van der Waals surface area (Å²) in [6, 6.07) is 35.2. The first kappa shape index (κ1) is 32.4. The molecule has 0 bridgehead atoms. The van der Waals surface area contributed by atoms with Crippen molar-refractivity contribution in [2.75, 3.05) is 0 Å². The van der Waals surface area contributed by atoms with Gasteiger partial charge >= 0.3 is 0 Å². The summed E-state index contributed by atoms with van der Waals surface area (Å²) in [5.74, 6) is 0.421. The molecule has 0 radical (unpaired) electrons. The molecule has 1 atom stereocenters. The lowest BCUT2D eigenvalue weighted by Crippen LogP contribution is -2.15. The summed E-state index contributed by atoms with van der Waals surface area (Å²) < 4.78 is 13.0. The fourth-order valence-corrected chi connectivity index (χ4v) is 6.44. The van der Waals surface area contributed by atoms with E-state index >= 15 is 0 Å². The summed E-state index contributed by atoms with van der Waals surface area (Å²) in [5.41, 5.74) is 16.7. The Morgan fingerprint density at radius 2 is 1.44 bits per heavy atom. The summed E-state index contributed by atoms with van der Waals surface area (Å²) in [6.07, 6.45) is 13.4. The first-order valence-electron chi connectivity index (χ1n) is 16.9. The second-order valence-electron chi connectivity index (χ2n) is 12.2. The van der Waals surface area contributed by atoms with E-state index in [0.717, 1.165) is 82.8 Å². The average molecular weight is 654 g/mol. The Morgan fingerprint density at radius 3 is 2.24 bits per heavy atom. The predicted molar refractivity (Wildman–Crippen MR) is 212 cm³/mol. The standard InChI is InChI=1S/C45H39N3O2/c1-5-8-16-29(4)44(46)48-45(32-18-11-17-31(27-32)35-22-14-24-37-36-20-9-10-26-40(36)49-42(35)37)47-28-33-19-12-23-38-39-25-13-21-34(30(7-3)15-6-2)43(39)50-41(33)38/h5-28,45H,1-4H3,(H2,46,48)/b8-5-,15-6-,29-16+,30-7+,47-28?. The van der Waals surface area contributed by atoms with Crippen molar-refractivity contribution in [3.8, 4) is 11.1 Å². The van der Waals surface area contributed by atoms with Crippen LogP contribution in [0.2, 0.25) is 0 Å². The van der Waals surface area contributed by atoms with E-state index < -0.39 is 6.17 Å². The SMILES string of the molecule is C/C=C\C=C(/C)C(N)=NC(N=Cc1cccc2c1oc1c(C(/C=C\C)=C/C)cccc12)c1cccc(-c2cccc3c2oc2ccccc23)c1. The smallest absolute Gasteiger partial charge is 0.167 e. The van der Waals surface area contributed by atoms with E-state index in [0.29, 0.717) is 5.84 Å². The molecule has 0 amide bonds. The van der Waals surface area contributed by atoms with E-state index in [-0.39, 0.29) is 0 Å². The molecular weight excluding hydrogens is 615 g/mol. The van der Waals surface area contributed by atoms with Gasteiger partial charge in [-0.1, -0.05) is 121 Å². The van der Waals surface area contributed by atoms with Gasteiger partial charge in [-0.3, -0.25) is 4.99 Å². The summed E-state index contributed by atoms with van der Waals surface area (Å²) in [4.78, 5) is 10.0. The minimum atomic E-state index is -0.613. The van der Waals surface area contributed by atoms with Crippen LogP contribution in [0, 0.1) is 0 Å². The molecule has 5 heteroatoms. The van der Waals surface area contributed by atoms with Gasteiger partial charge in [0.1, 0.15) is 28.2 Å². The number of nitrogens with zero attached hydrogens (tertiary/aromatic N) is 2. The molecule has 5 nitrogen and oxygen atoms in total. The zero-order valence-corrected chi connectivity index (χ0v) is 28.7. The molecule has 7 rings (SSSR count). The Kier molecular flexibility index (Phi) is 9.13. The van der Waals surface area contributed by atoms with Gasteiger partial charge < -0.3 is 14.6 Å². The van der Waals surface area contributed by atoms with Crippen molar-refractivity contribution in [2.45, 2.75) is 33.9 Å². The van der Waals surface area contributed by atoms with Crippen LogP contribution < -0.4 is 5.73 Å². The number of hydrogen-bond donors (Lipinski definition) is 1. The molecular formula is C45H39N3O2. The monoisotopic (exact) mass is 653 g/mol. The van der Waals surface area contributed by atoms with E-state index in [2.05, 4.69) is 72.8 Å². The molecule has 0 fully saturated rings. The lowest BCUT2D eigenvalue weighted by Gasteiger charge is -2.12. The van der Waals surface area contributed by atoms with Crippen molar-refractivity contribution >= 4 is 61.5 Å². The van der Waals surface area contributed by atoms with Crippen LogP contribution in [0.25, 0.3) is 60.6 Å². The third kappa shape index (κ3) is 6.10. The molecule has 7 aromatic rings. The molecule has 0 aliphatic carbocycles. The predicted octanol–water partition coefficient (Wildman–Crippen LogP) is 12.1. The van der Waals surface area contributed by atoms with Crippen LogP contribution in [-0.2, 0) is 0 Å². The Hall–Kier alpha value is -6.20. The molecule has 246 valence electrons. The number of amidine groups is 1. The molecule has 5 aromatic carbocycles. The van der Waals surface area contributed by atoms with E-state index in [9.17, 15) is 0 Å². The zero-order chi connectivity index (χ0) is 34.6. The molecule has 1 unspecified atom stereocenters. The number of benzene rings is 5. The number of nitrogens with two attached hydrogens (primary N) is 1. The minimum Gasteiger partial charge on any atom is -0.455 e. The Morgan fingerprint density at radius 1 is 0.720 bits per heavy atom. The highest BCUT2D eigenvalue weighted by molar-refractivity contribution is 6.13. The maximum atomic E-state index is 6.63. The molecule has 0 saturated carbocycles. The quantitative estimate of drug-likeness (QED) is 0.0956. The highest BCUT2D eigenvalue weighted by Crippen LogP contribution is 2.38. The topological polar surface area (TPSA) is 77.0 Å². The number of aliphatic imine (C=N–C) groups is 2. The van der Waals surface area contributed by atoms with Crippen LogP contribution >= 0.6 is 0 Å². The normalized spacial score (nSPS) is 14.1. The molecule has 2 N–H and O–H groups in total. The van der Waals surface area contributed by atoms with Gasteiger partial charge in [0.25, 0.3) is 0 Å². The fourth-order valence-electron chi connectivity index (χ4n) is 6.44. The van der Waals surface area contributed by atoms with Crippen molar-refractivity contribution in [3.05, 3.63) is 162 Å². The van der Waals surface area contributed by atoms with Gasteiger partial charge in [-0.05, 0) is 68.2 Å². The maximum absolute atomic E-state index is 6.63. The van der Waals surface area contributed by atoms with Crippen LogP contribution in [0.3, 0.4) is 0 Å². The van der Waals surface area contributed by atoms with Crippen molar-refractivity contribution in [1.29, 1.82) is 0 Å². The first-order chi connectivity index (χ1) is 24.5. The third-order valence-electron chi connectivity index (χ3n) is 8.98. The molecule has 2 aromatic heterocycles. The third-order valence-corrected chi connectivity index (χ3v) is 8.98. The van der Waals surface area contributed by atoms with Gasteiger partial charge in [-0.25, -0.2) is 4.99 Å². The molecule has 50 heavy (non-hydrogen) atoms. The van der Waals surface area contributed by atoms with Gasteiger partial charge in [-0.2, -0.15) is 0 Å². The van der Waals surface area contributed by atoms with E-state index in [1.54, 1.807) is 0 Å². The second kappa shape index (κ2) is 14.1. The zero-order valence-electron chi connectivity index (χ0n) is 28.7. The number of allylic oxidation sites excluding steroid dienone is 7. The highest BCUT2D eigenvalue weighted by Gasteiger charge is 2.17. The largest absolute Gasteiger partial charge is 0.455 e. The summed E-state index contributed by atoms with van der Waals surface area (Å²) in [7, 11) is 0. The van der Waals surface area contributed by atoms with E-state index in [1.165, 1.54) is 0 Å². The van der Waals surface area contributed by atoms with Crippen LogP contribution in [-0.4, -0.2) is 12.1 Å². The summed E-state index contributed by atoms with van der Waals surface area (Å²) >= 11 is 0. The Bertz CT molecular complexity index is 2550. The van der Waals surface area contributed by atoms with Crippen LogP contribution in [0.4, 0.5) is 0 Å². The van der Waals surface area contributed by atoms with E-state index in [4.69, 9.17) is 24.6 Å². The maximum Gasteiger partial charge on any atom is 0.167 e. The van der Waals surface area contributed by atoms with Crippen LogP contribution in [0.5, 0.6) is 0 Å². The van der Waals surface area contributed by atoms with Crippen molar-refractivity contribution < 1.29 is 8.83 Å². The first-order valence-corrected chi connectivity index (χ1v) is 16.9. The molecule has 0 aliphatic heterocycles. The van der Waals surface area contributed by atoms with Crippen molar-refractivity contribution in [1.82, 2.24) is 0 Å². The van der Waals surface area contributed by atoms with Crippen molar-refractivity contribution in [2.24, 2.45) is 15.7 Å². The number of rotatable bonds is 9. The van der Waals surface area contributed by atoms with E-state index in [1.807, 2.05) is 101 Å². The van der Waals surface area contributed by atoms with Crippen LogP contribution in [0.15, 0.2) is 164 Å². The average Bonchev–Trinajstić information content (AvgIpc) is 3.73. The highest BCUT2D eigenvalue weighted by atomic mass is 16.3. The Balaban J connectivity index is 1.35. The van der Waals surface area contributed by atoms with Gasteiger partial charge in [0.2, 0.25) is 0 Å². The molecule has 0 spiro atoms. The van der Waals surface area contributed by atoms with Gasteiger partial charge in [0.15, 0.2) is 6.17 Å². The van der Waals surface area contributed by atoms with Crippen molar-refractivity contribution in [3.63, 3.8) is 0 Å². The summed E-state index contributed by atoms with van der Waals surface area (Å²) in [5, 5.41) is 4.28. The lowest BCUT2D eigenvalue weighted by molar-refractivity contribution is 0.667. The summed E-state index contributed by atoms with van der Waals surface area (Å²) in [6.45, 7) is 8.00. The van der Waals surface area contributed by atoms with Gasteiger partial charge in [0.05, 0.1) is 0 Å². The number of fused-ring (bicyclic) bond motifs is 6. The number of hydrogen-bond acceptors (Lipinski definition) is 4. The number of para-hydroxylation sites is 4. The van der Waals surface area contributed by atoms with Gasteiger partial charge in [0, 0.05) is 44.4 Å². The minimum absolute atomic E-state index is 0.421. The van der Waals surface area contributed by atoms with Crippen LogP contribution in [0.1, 0.15) is 50.6 Å². The number of furan rings is 2. The second-order valence-corrected chi connectivity index (χ2v) is 12.2. The van der Waals surface area contributed by atoms with Gasteiger partial charge in [-0.15, -0.1) is 0 Å². The molecule has 2 heterocycles. The molecule has 0 aliphatic rings. The molecule has 0 saturated heterocycles. The fraction of sp³-hybridized carbons (Fsp3) is 0.111. The Labute approximate surface area is 292 Å². The lowest BCUT2D eigenvalue weighted by atomic mass is 9.99.